The first-order chi connectivity index (χ1) is 22.5. The maximum absolute atomic E-state index is 13.3. The molecule has 0 saturated carbocycles. The Morgan fingerprint density at radius 3 is 2.34 bits per heavy atom. The number of benzene rings is 3. The van der Waals surface area contributed by atoms with Crippen molar-refractivity contribution in [3.8, 4) is 22.8 Å². The monoisotopic (exact) mass is 665 g/mol. The van der Waals surface area contributed by atoms with Crippen LogP contribution in [0.25, 0.3) is 22.3 Å². The summed E-state index contributed by atoms with van der Waals surface area (Å²) in [6.07, 6.45) is 1.14. The minimum absolute atomic E-state index is 0.0768. The van der Waals surface area contributed by atoms with Crippen molar-refractivity contribution in [2.24, 2.45) is 5.92 Å². The standard InChI is InChI=1S/C34H36FN3O8S/c1-20-27-16-28-30(17-29(27)38(47(3,41)42)18-26(44-20)19-43-34(40)22-12-14-37-15-13-22)46-32(31(28)33(39)36-2)21-4-8-24(9-5-21)45-25-10-6-23(35)7-11-25/h4-11,16-17,20,22,26,37H,12-15,18-19H2,1-3H3,(H,36,39)/t20-,26-/m0/s1. The number of esters is 1. The zero-order chi connectivity index (χ0) is 33.3. The lowest BCUT2D eigenvalue weighted by atomic mass is 9.99. The van der Waals surface area contributed by atoms with Crippen LogP contribution in [0.2, 0.25) is 0 Å². The highest BCUT2D eigenvalue weighted by Crippen LogP contribution is 2.42. The summed E-state index contributed by atoms with van der Waals surface area (Å²) in [5.41, 5.74) is 2.05. The molecule has 0 spiro atoms. The van der Waals surface area contributed by atoms with E-state index in [2.05, 4.69) is 10.6 Å². The Morgan fingerprint density at radius 2 is 1.70 bits per heavy atom. The van der Waals surface area contributed by atoms with Crippen molar-refractivity contribution in [3.05, 3.63) is 77.6 Å². The first-order valence-electron chi connectivity index (χ1n) is 15.4. The number of furan rings is 1. The predicted molar refractivity (Wildman–Crippen MR) is 174 cm³/mol. The maximum Gasteiger partial charge on any atom is 0.309 e. The number of hydrogen-bond donors (Lipinski definition) is 2. The lowest BCUT2D eigenvalue weighted by molar-refractivity contribution is -0.154. The normalized spacial score (nSPS) is 18.8. The number of ether oxygens (including phenoxy) is 3. The third-order valence-corrected chi connectivity index (χ3v) is 9.56. The molecule has 0 radical (unpaired) electrons. The number of hydrogen-bond acceptors (Lipinski definition) is 9. The molecule has 3 aromatic carbocycles. The van der Waals surface area contributed by atoms with E-state index in [4.69, 9.17) is 18.6 Å². The van der Waals surface area contributed by atoms with Crippen LogP contribution in [0.1, 0.15) is 41.8 Å². The van der Waals surface area contributed by atoms with Gasteiger partial charge in [-0.1, -0.05) is 0 Å². The van der Waals surface area contributed by atoms with Crippen LogP contribution in [0.3, 0.4) is 0 Å². The number of fused-ring (bicyclic) bond motifs is 2. The molecule has 1 aromatic heterocycles. The van der Waals surface area contributed by atoms with Gasteiger partial charge in [-0.3, -0.25) is 13.9 Å². The molecule has 0 aliphatic carbocycles. The summed E-state index contributed by atoms with van der Waals surface area (Å²) in [5, 5.41) is 6.37. The van der Waals surface area contributed by atoms with Crippen LogP contribution in [-0.4, -0.2) is 65.9 Å². The average molecular weight is 666 g/mol. The molecule has 2 atom stereocenters. The Labute approximate surface area is 272 Å². The quantitative estimate of drug-likeness (QED) is 0.245. The zero-order valence-corrected chi connectivity index (χ0v) is 27.1. The summed E-state index contributed by atoms with van der Waals surface area (Å²) in [6.45, 7) is 3.10. The molecular weight excluding hydrogens is 629 g/mol. The van der Waals surface area contributed by atoms with Gasteiger partial charge in [0.25, 0.3) is 5.91 Å². The fraction of sp³-hybridized carbons (Fsp3) is 0.353. The molecule has 2 aliphatic rings. The fourth-order valence-corrected chi connectivity index (χ4v) is 6.95. The number of carbonyl (C=O) groups is 2. The molecule has 2 aliphatic heterocycles. The topological polar surface area (TPSA) is 136 Å². The Morgan fingerprint density at radius 1 is 1.04 bits per heavy atom. The molecule has 2 N–H and O–H groups in total. The molecule has 1 amide bonds. The van der Waals surface area contributed by atoms with Crippen molar-refractivity contribution in [1.82, 2.24) is 10.6 Å². The first kappa shape index (κ1) is 32.5. The van der Waals surface area contributed by atoms with Gasteiger partial charge in [0.15, 0.2) is 0 Å². The molecule has 0 unspecified atom stereocenters. The summed E-state index contributed by atoms with van der Waals surface area (Å²) >= 11 is 0. The zero-order valence-electron chi connectivity index (χ0n) is 26.2. The van der Waals surface area contributed by atoms with Gasteiger partial charge in [0, 0.05) is 29.6 Å². The molecule has 1 fully saturated rings. The van der Waals surface area contributed by atoms with Gasteiger partial charge in [-0.25, -0.2) is 12.8 Å². The summed E-state index contributed by atoms with van der Waals surface area (Å²) in [4.78, 5) is 26.0. The predicted octanol–water partition coefficient (Wildman–Crippen LogP) is 5.16. The number of rotatable bonds is 8. The Hall–Kier alpha value is -4.46. The van der Waals surface area contributed by atoms with Crippen LogP contribution in [0.5, 0.6) is 11.5 Å². The third kappa shape index (κ3) is 6.97. The number of carbonyl (C=O) groups excluding carboxylic acids is 2. The number of nitrogens with one attached hydrogen (secondary N) is 2. The lowest BCUT2D eigenvalue weighted by Gasteiger charge is -2.26. The van der Waals surface area contributed by atoms with Gasteiger partial charge in [0.05, 0.1) is 36.1 Å². The highest BCUT2D eigenvalue weighted by Gasteiger charge is 2.35. The number of anilines is 1. The van der Waals surface area contributed by atoms with Gasteiger partial charge in [-0.15, -0.1) is 0 Å². The fourth-order valence-electron chi connectivity index (χ4n) is 6.00. The van der Waals surface area contributed by atoms with Gasteiger partial charge < -0.3 is 29.3 Å². The summed E-state index contributed by atoms with van der Waals surface area (Å²) in [6, 6.07) is 15.8. The van der Waals surface area contributed by atoms with Gasteiger partial charge in [0.2, 0.25) is 10.0 Å². The lowest BCUT2D eigenvalue weighted by Crippen LogP contribution is -2.40. The second-order valence-electron chi connectivity index (χ2n) is 11.7. The van der Waals surface area contributed by atoms with E-state index in [0.29, 0.717) is 52.1 Å². The number of sulfonamides is 1. The molecule has 13 heteroatoms. The molecule has 4 aromatic rings. The minimum atomic E-state index is -3.81. The van der Waals surface area contributed by atoms with Gasteiger partial charge in [-0.2, -0.15) is 0 Å². The number of halogens is 1. The van der Waals surface area contributed by atoms with Crippen LogP contribution in [0, 0.1) is 11.7 Å². The van der Waals surface area contributed by atoms with Crippen LogP contribution in [-0.2, 0) is 24.3 Å². The highest BCUT2D eigenvalue weighted by molar-refractivity contribution is 7.92. The molecule has 248 valence electrons. The molecule has 1 saturated heterocycles. The summed E-state index contributed by atoms with van der Waals surface area (Å²) in [5.74, 6) is -0.0354. The summed E-state index contributed by atoms with van der Waals surface area (Å²) in [7, 11) is -2.29. The smallest absolute Gasteiger partial charge is 0.309 e. The second-order valence-corrected chi connectivity index (χ2v) is 13.6. The van der Waals surface area contributed by atoms with E-state index in [0.717, 1.165) is 19.3 Å². The third-order valence-electron chi connectivity index (χ3n) is 8.41. The Balaban J connectivity index is 1.33. The van der Waals surface area contributed by atoms with Gasteiger partial charge >= 0.3 is 5.97 Å². The van der Waals surface area contributed by atoms with Gasteiger partial charge in [0.1, 0.15) is 41.4 Å². The SMILES string of the molecule is CNC(=O)c1c(-c2ccc(Oc3ccc(F)cc3)cc2)oc2cc3c(cc12)[C@H](C)O[C@H](COC(=O)C1CCNCC1)CN3S(C)(=O)=O. The van der Waals surface area contributed by atoms with Crippen LogP contribution >= 0.6 is 0 Å². The Bertz CT molecular complexity index is 1890. The van der Waals surface area contributed by atoms with Crippen molar-refractivity contribution in [1.29, 1.82) is 0 Å². The second kappa shape index (κ2) is 13.3. The number of nitrogens with zero attached hydrogens (tertiary/aromatic N) is 1. The minimum Gasteiger partial charge on any atom is -0.463 e. The van der Waals surface area contributed by atoms with Crippen LogP contribution in [0.4, 0.5) is 10.1 Å². The van der Waals surface area contributed by atoms with E-state index < -0.39 is 28.1 Å². The Kier molecular flexibility index (Phi) is 9.22. The molecular formula is C34H36FN3O8S. The van der Waals surface area contributed by atoms with Crippen LogP contribution < -0.4 is 19.7 Å². The highest BCUT2D eigenvalue weighted by atomic mass is 32.2. The first-order valence-corrected chi connectivity index (χ1v) is 17.2. The molecule has 6 rings (SSSR count). The van der Waals surface area contributed by atoms with E-state index in [9.17, 15) is 22.4 Å². The number of amides is 1. The van der Waals surface area contributed by atoms with Gasteiger partial charge in [-0.05, 0) is 87.5 Å². The maximum atomic E-state index is 13.3. The van der Waals surface area contributed by atoms with Crippen molar-refractivity contribution in [3.63, 3.8) is 0 Å². The van der Waals surface area contributed by atoms with Crippen molar-refractivity contribution in [2.75, 3.05) is 43.8 Å². The van der Waals surface area contributed by atoms with Crippen molar-refractivity contribution in [2.45, 2.75) is 32.0 Å². The molecule has 11 nitrogen and oxygen atoms in total. The van der Waals surface area contributed by atoms with E-state index in [1.54, 1.807) is 43.3 Å². The average Bonchev–Trinajstić information content (AvgIpc) is 3.37. The molecule has 0 bridgehead atoms. The molecule has 3 heterocycles. The summed E-state index contributed by atoms with van der Waals surface area (Å²) < 4.78 is 64.8. The van der Waals surface area contributed by atoms with E-state index in [1.807, 2.05) is 0 Å². The van der Waals surface area contributed by atoms with Crippen molar-refractivity contribution < 1.29 is 41.0 Å². The molecule has 47 heavy (non-hydrogen) atoms. The van der Waals surface area contributed by atoms with E-state index in [1.165, 1.54) is 35.6 Å². The van der Waals surface area contributed by atoms with Crippen molar-refractivity contribution >= 4 is 38.6 Å². The van der Waals surface area contributed by atoms with E-state index in [-0.39, 0.29) is 42.2 Å². The van der Waals surface area contributed by atoms with E-state index >= 15 is 0 Å². The number of piperidine rings is 1. The van der Waals surface area contributed by atoms with Crippen LogP contribution in [0.15, 0.2) is 65.1 Å². The largest absolute Gasteiger partial charge is 0.463 e.